The molecule has 128 valence electrons. The van der Waals surface area contributed by atoms with E-state index in [1.807, 2.05) is 0 Å². The Kier molecular flexibility index (Phi) is 6.77. The van der Waals surface area contributed by atoms with Gasteiger partial charge in [0.25, 0.3) is 0 Å². The van der Waals surface area contributed by atoms with Crippen molar-refractivity contribution >= 4 is 17.6 Å². The van der Waals surface area contributed by atoms with Crippen molar-refractivity contribution in [2.45, 2.75) is 12.5 Å². The monoisotopic (exact) mass is 344 g/mol. The molecule has 2 rings (SSSR count). The Balaban J connectivity index is 1.95. The lowest BCUT2D eigenvalue weighted by atomic mass is 10.1. The lowest BCUT2D eigenvalue weighted by molar-refractivity contribution is -0.143. The van der Waals surface area contributed by atoms with Gasteiger partial charge in [-0.2, -0.15) is 0 Å². The van der Waals surface area contributed by atoms with Gasteiger partial charge in [-0.25, -0.2) is 4.39 Å². The van der Waals surface area contributed by atoms with Crippen LogP contribution in [0.4, 0.5) is 4.39 Å². The number of halogens is 2. The van der Waals surface area contributed by atoms with Crippen LogP contribution in [-0.4, -0.2) is 67.3 Å². The van der Waals surface area contributed by atoms with Crippen molar-refractivity contribution in [1.29, 1.82) is 0 Å². The number of ether oxygens (including phenoxy) is 1. The normalized spacial score (nSPS) is 17.4. The summed E-state index contributed by atoms with van der Waals surface area (Å²) in [5.41, 5.74) is 0.412. The van der Waals surface area contributed by atoms with Gasteiger partial charge in [0.2, 0.25) is 0 Å². The van der Waals surface area contributed by atoms with Crippen molar-refractivity contribution in [1.82, 2.24) is 9.80 Å². The molecule has 5 nitrogen and oxygen atoms in total. The molecule has 1 aromatic rings. The third-order valence-corrected chi connectivity index (χ3v) is 4.35. The van der Waals surface area contributed by atoms with Crippen LogP contribution < -0.4 is 0 Å². The quantitative estimate of drug-likeness (QED) is 0.822. The van der Waals surface area contributed by atoms with Crippen molar-refractivity contribution in [2.24, 2.45) is 0 Å². The standard InChI is InChI=1S/C16H22ClFN2O3/c1-19(5-2-6-20-7-9-23-10-8-20)15(16(21)22)13-4-3-12(18)11-14(13)17/h3-4,11,15H,2,5-10H2,1H3,(H,21,22). The van der Waals surface area contributed by atoms with Crippen LogP contribution in [0, 0.1) is 5.82 Å². The van der Waals surface area contributed by atoms with E-state index < -0.39 is 17.8 Å². The summed E-state index contributed by atoms with van der Waals surface area (Å²) in [6, 6.07) is 2.94. The highest BCUT2D eigenvalue weighted by molar-refractivity contribution is 6.31. The van der Waals surface area contributed by atoms with E-state index in [1.54, 1.807) is 11.9 Å². The largest absolute Gasteiger partial charge is 0.480 e. The maximum atomic E-state index is 13.2. The SMILES string of the molecule is CN(CCCN1CCOCC1)C(C(=O)O)c1ccc(F)cc1Cl. The van der Waals surface area contributed by atoms with Gasteiger partial charge in [0, 0.05) is 24.7 Å². The van der Waals surface area contributed by atoms with E-state index in [1.165, 1.54) is 12.1 Å². The molecule has 23 heavy (non-hydrogen) atoms. The number of carbonyl (C=O) groups is 1. The second-order valence-electron chi connectivity index (χ2n) is 5.69. The van der Waals surface area contributed by atoms with E-state index in [9.17, 15) is 14.3 Å². The topological polar surface area (TPSA) is 53.0 Å². The summed E-state index contributed by atoms with van der Waals surface area (Å²) in [5.74, 6) is -1.47. The number of hydrogen-bond acceptors (Lipinski definition) is 4. The molecule has 0 saturated carbocycles. The third kappa shape index (κ3) is 5.14. The number of carboxylic acid groups (broad SMARTS) is 1. The molecule has 0 spiro atoms. The highest BCUT2D eigenvalue weighted by Crippen LogP contribution is 2.28. The first-order valence-corrected chi connectivity index (χ1v) is 8.05. The molecular formula is C16H22ClFN2O3. The van der Waals surface area contributed by atoms with Crippen molar-refractivity contribution in [3.63, 3.8) is 0 Å². The van der Waals surface area contributed by atoms with Crippen LogP contribution in [0.3, 0.4) is 0 Å². The number of carboxylic acids is 1. The highest BCUT2D eigenvalue weighted by atomic mass is 35.5. The van der Waals surface area contributed by atoms with E-state index in [0.29, 0.717) is 12.1 Å². The number of morpholine rings is 1. The fraction of sp³-hybridized carbons (Fsp3) is 0.562. The summed E-state index contributed by atoms with van der Waals surface area (Å²) < 4.78 is 18.5. The predicted octanol–water partition coefficient (Wildman–Crippen LogP) is 2.26. The molecule has 7 heteroatoms. The van der Waals surface area contributed by atoms with Gasteiger partial charge in [-0.05, 0) is 37.7 Å². The number of aliphatic carboxylic acids is 1. The lowest BCUT2D eigenvalue weighted by Gasteiger charge is -2.29. The highest BCUT2D eigenvalue weighted by Gasteiger charge is 2.27. The van der Waals surface area contributed by atoms with Crippen LogP contribution in [0.25, 0.3) is 0 Å². The van der Waals surface area contributed by atoms with Gasteiger partial charge in [-0.1, -0.05) is 17.7 Å². The van der Waals surface area contributed by atoms with Crippen LogP contribution in [0.2, 0.25) is 5.02 Å². The van der Waals surface area contributed by atoms with Crippen LogP contribution in [0.1, 0.15) is 18.0 Å². The fourth-order valence-corrected chi connectivity index (χ4v) is 3.05. The molecule has 0 aromatic heterocycles. The summed E-state index contributed by atoms with van der Waals surface area (Å²) in [7, 11) is 1.75. The first-order chi connectivity index (χ1) is 11.0. The van der Waals surface area contributed by atoms with Gasteiger partial charge in [-0.15, -0.1) is 0 Å². The van der Waals surface area contributed by atoms with E-state index in [0.717, 1.165) is 45.3 Å². The molecule has 0 amide bonds. The fourth-order valence-electron chi connectivity index (χ4n) is 2.78. The summed E-state index contributed by atoms with van der Waals surface area (Å²) in [6.07, 6.45) is 0.846. The van der Waals surface area contributed by atoms with Gasteiger partial charge >= 0.3 is 5.97 Å². The molecule has 1 heterocycles. The van der Waals surface area contributed by atoms with Gasteiger partial charge < -0.3 is 9.84 Å². The first kappa shape index (κ1) is 18.1. The Bertz CT molecular complexity index is 538. The van der Waals surface area contributed by atoms with Crippen LogP contribution >= 0.6 is 11.6 Å². The number of benzene rings is 1. The summed E-state index contributed by atoms with van der Waals surface area (Å²) in [6.45, 7) is 4.84. The number of hydrogen-bond donors (Lipinski definition) is 1. The lowest BCUT2D eigenvalue weighted by Crippen LogP contribution is -2.38. The van der Waals surface area contributed by atoms with Crippen LogP contribution in [0.15, 0.2) is 18.2 Å². The third-order valence-electron chi connectivity index (χ3n) is 4.02. The minimum Gasteiger partial charge on any atom is -0.480 e. The van der Waals surface area contributed by atoms with E-state index >= 15 is 0 Å². The maximum Gasteiger partial charge on any atom is 0.325 e. The molecule has 1 saturated heterocycles. The van der Waals surface area contributed by atoms with E-state index in [2.05, 4.69) is 4.90 Å². The average molecular weight is 345 g/mol. The molecule has 1 aromatic carbocycles. The molecule has 1 atom stereocenters. The predicted molar refractivity (Wildman–Crippen MR) is 86.3 cm³/mol. The number of likely N-dealkylation sites (N-methyl/N-ethyl adjacent to an activating group) is 1. The summed E-state index contributed by atoms with van der Waals surface area (Å²) in [5, 5.41) is 9.65. The van der Waals surface area contributed by atoms with Crippen molar-refractivity contribution < 1.29 is 19.0 Å². The second-order valence-corrected chi connectivity index (χ2v) is 6.10. The molecule has 0 aliphatic carbocycles. The van der Waals surface area contributed by atoms with Crippen molar-refractivity contribution in [3.05, 3.63) is 34.6 Å². The Hall–Kier alpha value is -1.21. The van der Waals surface area contributed by atoms with Crippen molar-refractivity contribution in [2.75, 3.05) is 46.4 Å². The smallest absolute Gasteiger partial charge is 0.325 e. The molecule has 0 radical (unpaired) electrons. The van der Waals surface area contributed by atoms with E-state index in [-0.39, 0.29) is 5.02 Å². The van der Waals surface area contributed by atoms with Gasteiger partial charge in [0.05, 0.1) is 13.2 Å². The van der Waals surface area contributed by atoms with Gasteiger partial charge in [-0.3, -0.25) is 14.6 Å². The minimum atomic E-state index is -0.993. The summed E-state index contributed by atoms with van der Waals surface area (Å²) >= 11 is 6.02. The Morgan fingerprint density at radius 1 is 1.48 bits per heavy atom. The first-order valence-electron chi connectivity index (χ1n) is 7.67. The van der Waals surface area contributed by atoms with Gasteiger partial charge in [0.1, 0.15) is 11.9 Å². The molecule has 1 fully saturated rings. The van der Waals surface area contributed by atoms with Crippen LogP contribution in [0.5, 0.6) is 0 Å². The zero-order valence-electron chi connectivity index (χ0n) is 13.2. The molecule has 1 aliphatic heterocycles. The Labute approximate surface area is 140 Å². The van der Waals surface area contributed by atoms with Crippen LogP contribution in [-0.2, 0) is 9.53 Å². The van der Waals surface area contributed by atoms with Gasteiger partial charge in [0.15, 0.2) is 0 Å². The molecule has 0 bridgehead atoms. The number of rotatable bonds is 7. The molecular weight excluding hydrogens is 323 g/mol. The van der Waals surface area contributed by atoms with E-state index in [4.69, 9.17) is 16.3 Å². The van der Waals surface area contributed by atoms with Crippen molar-refractivity contribution in [3.8, 4) is 0 Å². The average Bonchev–Trinajstić information content (AvgIpc) is 2.50. The molecule has 1 unspecified atom stereocenters. The molecule has 1 N–H and O–H groups in total. The zero-order valence-corrected chi connectivity index (χ0v) is 13.9. The number of nitrogens with zero attached hydrogens (tertiary/aromatic N) is 2. The Morgan fingerprint density at radius 3 is 2.78 bits per heavy atom. The molecule has 1 aliphatic rings. The second kappa shape index (κ2) is 8.59. The summed E-state index contributed by atoms with van der Waals surface area (Å²) in [4.78, 5) is 15.7. The maximum absolute atomic E-state index is 13.2. The zero-order chi connectivity index (χ0) is 16.8. The minimum absolute atomic E-state index is 0.137. The Morgan fingerprint density at radius 2 is 2.17 bits per heavy atom.